The number of rotatable bonds is 1. The van der Waals surface area contributed by atoms with Crippen LogP contribution in [0.15, 0.2) is 18.2 Å². The molecule has 0 aromatic heterocycles. The Kier molecular flexibility index (Phi) is 3.15. The molecule has 1 fully saturated rings. The molecule has 1 N–H and O–H groups in total. The largest absolute Gasteiger partial charge is 0.306 e. The van der Waals surface area contributed by atoms with E-state index >= 15 is 0 Å². The lowest BCUT2D eigenvalue weighted by molar-refractivity contribution is 0.342. The van der Waals surface area contributed by atoms with Gasteiger partial charge >= 0.3 is 0 Å². The number of nitrogens with one attached hydrogen (secondary N) is 1. The molecule has 1 saturated carbocycles. The highest BCUT2D eigenvalue weighted by atomic mass is 19.1. The van der Waals surface area contributed by atoms with E-state index in [1.165, 1.54) is 49.7 Å². The van der Waals surface area contributed by atoms with Gasteiger partial charge in [-0.3, -0.25) is 0 Å². The van der Waals surface area contributed by atoms with Crippen LogP contribution < -0.4 is 5.32 Å². The maximum absolute atomic E-state index is 13.4. The molecular formula is C15H20FN. The van der Waals surface area contributed by atoms with Gasteiger partial charge in [-0.2, -0.15) is 0 Å². The van der Waals surface area contributed by atoms with Crippen molar-refractivity contribution >= 4 is 0 Å². The van der Waals surface area contributed by atoms with Crippen molar-refractivity contribution in [3.63, 3.8) is 0 Å². The molecule has 1 aliphatic heterocycles. The van der Waals surface area contributed by atoms with E-state index in [0.717, 1.165) is 6.54 Å². The van der Waals surface area contributed by atoms with Gasteiger partial charge in [0.05, 0.1) is 0 Å². The minimum atomic E-state index is -0.0916. The van der Waals surface area contributed by atoms with Crippen LogP contribution in [0.2, 0.25) is 0 Å². The van der Waals surface area contributed by atoms with Gasteiger partial charge in [0, 0.05) is 12.6 Å². The molecule has 3 rings (SSSR count). The summed E-state index contributed by atoms with van der Waals surface area (Å²) in [4.78, 5) is 0. The fraction of sp³-hybridized carbons (Fsp3) is 0.600. The molecule has 2 heteroatoms. The van der Waals surface area contributed by atoms with E-state index < -0.39 is 0 Å². The van der Waals surface area contributed by atoms with Crippen LogP contribution in [0.1, 0.15) is 55.7 Å². The van der Waals surface area contributed by atoms with Crippen molar-refractivity contribution in [3.8, 4) is 0 Å². The predicted molar refractivity (Wildman–Crippen MR) is 67.2 cm³/mol. The highest BCUT2D eigenvalue weighted by molar-refractivity contribution is 5.34. The number of hydrogen-bond donors (Lipinski definition) is 1. The van der Waals surface area contributed by atoms with E-state index in [1.807, 2.05) is 6.07 Å². The fourth-order valence-electron chi connectivity index (χ4n) is 3.41. The van der Waals surface area contributed by atoms with Crippen LogP contribution >= 0.6 is 0 Å². The lowest BCUT2D eigenvalue weighted by Gasteiger charge is -2.23. The average Bonchev–Trinajstić information content (AvgIpc) is 2.58. The second-order valence-corrected chi connectivity index (χ2v) is 5.45. The fourth-order valence-corrected chi connectivity index (χ4v) is 3.41. The minimum Gasteiger partial charge on any atom is -0.306 e. The molecule has 1 aliphatic carbocycles. The normalized spacial score (nSPS) is 25.6. The summed E-state index contributed by atoms with van der Waals surface area (Å²) in [5.41, 5.74) is 2.51. The van der Waals surface area contributed by atoms with Gasteiger partial charge in [-0.15, -0.1) is 0 Å². The van der Waals surface area contributed by atoms with Crippen LogP contribution in [-0.2, 0) is 6.54 Å². The third-order valence-electron chi connectivity index (χ3n) is 4.33. The van der Waals surface area contributed by atoms with E-state index in [-0.39, 0.29) is 5.82 Å². The summed E-state index contributed by atoms with van der Waals surface area (Å²) in [5, 5.41) is 3.58. The summed E-state index contributed by atoms with van der Waals surface area (Å²) >= 11 is 0. The molecule has 92 valence electrons. The smallest absolute Gasteiger partial charge is 0.123 e. The second-order valence-electron chi connectivity index (χ2n) is 5.45. The Balaban J connectivity index is 1.84. The number of halogens is 1. The van der Waals surface area contributed by atoms with E-state index in [2.05, 4.69) is 5.32 Å². The number of fused-ring (bicyclic) bond motifs is 1. The molecule has 0 amide bonds. The Morgan fingerprint density at radius 3 is 2.59 bits per heavy atom. The van der Waals surface area contributed by atoms with Crippen molar-refractivity contribution in [2.45, 2.75) is 51.1 Å². The second kappa shape index (κ2) is 4.77. The summed E-state index contributed by atoms with van der Waals surface area (Å²) < 4.78 is 13.4. The Hall–Kier alpha value is -0.890. The zero-order chi connectivity index (χ0) is 11.7. The van der Waals surface area contributed by atoms with E-state index in [0.29, 0.717) is 12.0 Å². The minimum absolute atomic E-state index is 0.0916. The van der Waals surface area contributed by atoms with Crippen LogP contribution in [-0.4, -0.2) is 0 Å². The van der Waals surface area contributed by atoms with Crippen LogP contribution in [0.3, 0.4) is 0 Å². The van der Waals surface area contributed by atoms with Gasteiger partial charge in [0.1, 0.15) is 5.82 Å². The molecule has 0 saturated heterocycles. The molecule has 0 radical (unpaired) electrons. The first-order valence-electron chi connectivity index (χ1n) is 6.86. The first-order chi connectivity index (χ1) is 8.34. The molecule has 1 atom stereocenters. The molecule has 2 aliphatic rings. The third-order valence-corrected chi connectivity index (χ3v) is 4.33. The lowest BCUT2D eigenvalue weighted by Crippen LogP contribution is -2.21. The van der Waals surface area contributed by atoms with Gasteiger partial charge in [-0.1, -0.05) is 31.7 Å². The van der Waals surface area contributed by atoms with E-state index in [4.69, 9.17) is 0 Å². The maximum Gasteiger partial charge on any atom is 0.123 e. The van der Waals surface area contributed by atoms with Crippen molar-refractivity contribution < 1.29 is 4.39 Å². The lowest BCUT2D eigenvalue weighted by atomic mass is 9.87. The van der Waals surface area contributed by atoms with Crippen LogP contribution in [0.5, 0.6) is 0 Å². The standard InChI is InChI=1S/C15H20FN/c16-13-8-7-12-10-17-15(14(12)9-13)11-5-3-1-2-4-6-11/h7-9,11,15,17H,1-6,10H2. The molecule has 1 nitrogen and oxygen atoms in total. The van der Waals surface area contributed by atoms with Crippen LogP contribution in [0.25, 0.3) is 0 Å². The summed E-state index contributed by atoms with van der Waals surface area (Å²) in [7, 11) is 0. The maximum atomic E-state index is 13.4. The molecule has 17 heavy (non-hydrogen) atoms. The van der Waals surface area contributed by atoms with Gasteiger partial charge < -0.3 is 5.32 Å². The van der Waals surface area contributed by atoms with Crippen molar-refractivity contribution in [2.75, 3.05) is 0 Å². The van der Waals surface area contributed by atoms with Gasteiger partial charge in [-0.25, -0.2) is 4.39 Å². The molecular weight excluding hydrogens is 213 g/mol. The average molecular weight is 233 g/mol. The zero-order valence-corrected chi connectivity index (χ0v) is 10.2. The van der Waals surface area contributed by atoms with Crippen molar-refractivity contribution in [3.05, 3.63) is 35.1 Å². The van der Waals surface area contributed by atoms with E-state index in [9.17, 15) is 4.39 Å². The van der Waals surface area contributed by atoms with Gasteiger partial charge in [0.2, 0.25) is 0 Å². The highest BCUT2D eigenvalue weighted by Crippen LogP contribution is 2.38. The first kappa shape index (κ1) is 11.2. The Morgan fingerprint density at radius 1 is 1.06 bits per heavy atom. The molecule has 0 spiro atoms. The summed E-state index contributed by atoms with van der Waals surface area (Å²) in [6, 6.07) is 5.66. The Labute approximate surface area is 102 Å². The zero-order valence-electron chi connectivity index (χ0n) is 10.2. The van der Waals surface area contributed by atoms with Crippen molar-refractivity contribution in [1.29, 1.82) is 0 Å². The Bertz CT molecular complexity index is 394. The molecule has 1 aromatic carbocycles. The summed E-state index contributed by atoms with van der Waals surface area (Å²) in [6.45, 7) is 0.913. The molecule has 1 aromatic rings. The number of benzene rings is 1. The molecule has 1 heterocycles. The van der Waals surface area contributed by atoms with Crippen molar-refractivity contribution in [1.82, 2.24) is 5.32 Å². The number of hydrogen-bond acceptors (Lipinski definition) is 1. The summed E-state index contributed by atoms with van der Waals surface area (Å²) in [6.07, 6.45) is 8.03. The van der Waals surface area contributed by atoms with E-state index in [1.54, 1.807) is 12.1 Å². The monoisotopic (exact) mass is 233 g/mol. The summed E-state index contributed by atoms with van der Waals surface area (Å²) in [5.74, 6) is 0.617. The topological polar surface area (TPSA) is 12.0 Å². The van der Waals surface area contributed by atoms with Gasteiger partial charge in [0.25, 0.3) is 0 Å². The third kappa shape index (κ3) is 2.23. The van der Waals surface area contributed by atoms with Gasteiger partial charge in [-0.05, 0) is 42.0 Å². The van der Waals surface area contributed by atoms with Gasteiger partial charge in [0.15, 0.2) is 0 Å². The van der Waals surface area contributed by atoms with Crippen LogP contribution in [0, 0.1) is 11.7 Å². The Morgan fingerprint density at radius 2 is 1.82 bits per heavy atom. The molecule has 0 bridgehead atoms. The van der Waals surface area contributed by atoms with Crippen molar-refractivity contribution in [2.24, 2.45) is 5.92 Å². The quantitative estimate of drug-likeness (QED) is 0.724. The highest BCUT2D eigenvalue weighted by Gasteiger charge is 2.29. The first-order valence-corrected chi connectivity index (χ1v) is 6.86. The van der Waals surface area contributed by atoms with Crippen LogP contribution in [0.4, 0.5) is 4.39 Å². The predicted octanol–water partition coefficient (Wildman–Crippen LogP) is 3.94. The molecule has 1 unspecified atom stereocenters. The SMILES string of the molecule is Fc1ccc2c(c1)C(C1CCCCCC1)NC2.